The number of nitrogens with two attached hydrogens (primary N) is 1. The van der Waals surface area contributed by atoms with Crippen LogP contribution in [0.1, 0.15) is 47.0 Å². The summed E-state index contributed by atoms with van der Waals surface area (Å²) < 4.78 is 0. The molecule has 1 rings (SSSR count). The Morgan fingerprint density at radius 1 is 1.35 bits per heavy atom. The fourth-order valence-corrected chi connectivity index (χ4v) is 2.62. The molecule has 100 valence electrons. The standard InChI is InChI=1S/C14H28N2O/c1-10(2)8-12-6-5-7-16(9-12)14(17)13(15)11(3)4/h10-13H,5-9,15H2,1-4H3/t12?,13-/m0/s1. The third-order valence-electron chi connectivity index (χ3n) is 3.64. The van der Waals surface area contributed by atoms with E-state index in [2.05, 4.69) is 13.8 Å². The number of rotatable bonds is 4. The molecule has 3 nitrogen and oxygen atoms in total. The molecular formula is C14H28N2O. The summed E-state index contributed by atoms with van der Waals surface area (Å²) in [6.45, 7) is 10.3. The van der Waals surface area contributed by atoms with Crippen LogP contribution in [0.2, 0.25) is 0 Å². The van der Waals surface area contributed by atoms with E-state index in [-0.39, 0.29) is 17.9 Å². The molecule has 1 fully saturated rings. The predicted octanol–water partition coefficient (Wildman–Crippen LogP) is 2.25. The van der Waals surface area contributed by atoms with Gasteiger partial charge in [0.2, 0.25) is 5.91 Å². The van der Waals surface area contributed by atoms with Gasteiger partial charge >= 0.3 is 0 Å². The van der Waals surface area contributed by atoms with Crippen molar-refractivity contribution in [3.63, 3.8) is 0 Å². The monoisotopic (exact) mass is 240 g/mol. The van der Waals surface area contributed by atoms with E-state index in [1.165, 1.54) is 12.8 Å². The van der Waals surface area contributed by atoms with Gasteiger partial charge in [0.05, 0.1) is 6.04 Å². The second kappa shape index (κ2) is 6.39. The average Bonchev–Trinajstić information content (AvgIpc) is 2.26. The Morgan fingerprint density at radius 3 is 2.53 bits per heavy atom. The molecule has 0 aromatic carbocycles. The summed E-state index contributed by atoms with van der Waals surface area (Å²) in [6.07, 6.45) is 3.62. The highest BCUT2D eigenvalue weighted by atomic mass is 16.2. The Kier molecular flexibility index (Phi) is 5.44. The number of nitrogens with zero attached hydrogens (tertiary/aromatic N) is 1. The van der Waals surface area contributed by atoms with E-state index in [4.69, 9.17) is 5.73 Å². The summed E-state index contributed by atoms with van der Waals surface area (Å²) in [7, 11) is 0. The maximum atomic E-state index is 12.2. The summed E-state index contributed by atoms with van der Waals surface area (Å²) in [6, 6.07) is -0.326. The first-order valence-corrected chi connectivity index (χ1v) is 6.96. The molecule has 1 unspecified atom stereocenters. The molecule has 1 aliphatic heterocycles. The summed E-state index contributed by atoms with van der Waals surface area (Å²) in [4.78, 5) is 14.2. The lowest BCUT2D eigenvalue weighted by Crippen LogP contribution is -2.50. The molecule has 1 heterocycles. The maximum Gasteiger partial charge on any atom is 0.239 e. The zero-order valence-electron chi connectivity index (χ0n) is 11.8. The van der Waals surface area contributed by atoms with Gasteiger partial charge in [-0.05, 0) is 37.0 Å². The molecule has 17 heavy (non-hydrogen) atoms. The lowest BCUT2D eigenvalue weighted by atomic mass is 9.89. The van der Waals surface area contributed by atoms with Gasteiger partial charge < -0.3 is 10.6 Å². The van der Waals surface area contributed by atoms with Crippen molar-refractivity contribution < 1.29 is 4.79 Å². The minimum Gasteiger partial charge on any atom is -0.341 e. The Hall–Kier alpha value is -0.570. The van der Waals surface area contributed by atoms with Gasteiger partial charge in [0.1, 0.15) is 0 Å². The van der Waals surface area contributed by atoms with Gasteiger partial charge in [0, 0.05) is 13.1 Å². The van der Waals surface area contributed by atoms with E-state index in [9.17, 15) is 4.79 Å². The molecule has 2 atom stereocenters. The van der Waals surface area contributed by atoms with E-state index in [1.807, 2.05) is 18.7 Å². The van der Waals surface area contributed by atoms with Crippen molar-refractivity contribution in [3.05, 3.63) is 0 Å². The third-order valence-corrected chi connectivity index (χ3v) is 3.64. The number of carbonyl (C=O) groups excluding carboxylic acids is 1. The van der Waals surface area contributed by atoms with Crippen LogP contribution in [0.3, 0.4) is 0 Å². The highest BCUT2D eigenvalue weighted by Crippen LogP contribution is 2.23. The summed E-state index contributed by atoms with van der Waals surface area (Å²) in [5.41, 5.74) is 5.95. The number of likely N-dealkylation sites (tertiary alicyclic amines) is 1. The molecule has 1 amide bonds. The normalized spacial score (nSPS) is 23.2. The molecular weight excluding hydrogens is 212 g/mol. The highest BCUT2D eigenvalue weighted by Gasteiger charge is 2.28. The molecule has 0 aliphatic carbocycles. The smallest absolute Gasteiger partial charge is 0.239 e. The summed E-state index contributed by atoms with van der Waals surface area (Å²) >= 11 is 0. The Labute approximate surface area is 106 Å². The molecule has 1 saturated heterocycles. The van der Waals surface area contributed by atoms with Crippen molar-refractivity contribution in [1.29, 1.82) is 0 Å². The Morgan fingerprint density at radius 2 is 2.00 bits per heavy atom. The van der Waals surface area contributed by atoms with Crippen LogP contribution >= 0.6 is 0 Å². The van der Waals surface area contributed by atoms with Gasteiger partial charge in [-0.1, -0.05) is 27.7 Å². The second-order valence-electron chi connectivity index (χ2n) is 6.19. The Balaban J connectivity index is 2.51. The minimum atomic E-state index is -0.326. The van der Waals surface area contributed by atoms with Crippen molar-refractivity contribution in [1.82, 2.24) is 4.90 Å². The van der Waals surface area contributed by atoms with Crippen LogP contribution in [-0.4, -0.2) is 29.9 Å². The molecule has 0 aromatic heterocycles. The molecule has 0 bridgehead atoms. The number of hydrogen-bond donors (Lipinski definition) is 1. The zero-order valence-corrected chi connectivity index (χ0v) is 11.8. The van der Waals surface area contributed by atoms with Gasteiger partial charge in [-0.2, -0.15) is 0 Å². The lowest BCUT2D eigenvalue weighted by molar-refractivity contribution is -0.135. The van der Waals surface area contributed by atoms with Crippen molar-refractivity contribution in [3.8, 4) is 0 Å². The van der Waals surface area contributed by atoms with Gasteiger partial charge in [0.15, 0.2) is 0 Å². The van der Waals surface area contributed by atoms with Crippen LogP contribution in [0.25, 0.3) is 0 Å². The van der Waals surface area contributed by atoms with Gasteiger partial charge in [-0.15, -0.1) is 0 Å². The first kappa shape index (κ1) is 14.5. The molecule has 3 heteroatoms. The number of hydrogen-bond acceptors (Lipinski definition) is 2. The number of carbonyl (C=O) groups is 1. The zero-order chi connectivity index (χ0) is 13.0. The topological polar surface area (TPSA) is 46.3 Å². The molecule has 0 spiro atoms. The van der Waals surface area contributed by atoms with Gasteiger partial charge in [-0.3, -0.25) is 4.79 Å². The summed E-state index contributed by atoms with van der Waals surface area (Å²) in [5.74, 6) is 1.77. The first-order valence-electron chi connectivity index (χ1n) is 6.96. The second-order valence-corrected chi connectivity index (χ2v) is 6.19. The molecule has 1 aliphatic rings. The maximum absolute atomic E-state index is 12.2. The van der Waals surface area contributed by atoms with Crippen LogP contribution in [0, 0.1) is 17.8 Å². The largest absolute Gasteiger partial charge is 0.341 e. The van der Waals surface area contributed by atoms with E-state index >= 15 is 0 Å². The third kappa shape index (κ3) is 4.30. The van der Waals surface area contributed by atoms with E-state index in [0.29, 0.717) is 11.8 Å². The number of amides is 1. The van der Waals surface area contributed by atoms with E-state index in [1.54, 1.807) is 0 Å². The fourth-order valence-electron chi connectivity index (χ4n) is 2.62. The van der Waals surface area contributed by atoms with Crippen LogP contribution in [-0.2, 0) is 4.79 Å². The van der Waals surface area contributed by atoms with Crippen LogP contribution < -0.4 is 5.73 Å². The molecule has 2 N–H and O–H groups in total. The lowest BCUT2D eigenvalue weighted by Gasteiger charge is -2.35. The van der Waals surface area contributed by atoms with E-state index in [0.717, 1.165) is 19.5 Å². The van der Waals surface area contributed by atoms with Crippen LogP contribution in [0.15, 0.2) is 0 Å². The summed E-state index contributed by atoms with van der Waals surface area (Å²) in [5, 5.41) is 0. The Bertz CT molecular complexity index is 251. The van der Waals surface area contributed by atoms with E-state index < -0.39 is 0 Å². The van der Waals surface area contributed by atoms with Gasteiger partial charge in [0.25, 0.3) is 0 Å². The fraction of sp³-hybridized carbons (Fsp3) is 0.929. The van der Waals surface area contributed by atoms with Crippen LogP contribution in [0.5, 0.6) is 0 Å². The van der Waals surface area contributed by atoms with Crippen molar-refractivity contribution >= 4 is 5.91 Å². The van der Waals surface area contributed by atoms with Crippen molar-refractivity contribution in [2.24, 2.45) is 23.5 Å². The van der Waals surface area contributed by atoms with Crippen molar-refractivity contribution in [2.45, 2.75) is 53.0 Å². The quantitative estimate of drug-likeness (QED) is 0.819. The number of piperidine rings is 1. The highest BCUT2D eigenvalue weighted by molar-refractivity contribution is 5.82. The molecule has 0 aromatic rings. The van der Waals surface area contributed by atoms with Gasteiger partial charge in [-0.25, -0.2) is 0 Å². The minimum absolute atomic E-state index is 0.147. The predicted molar refractivity (Wildman–Crippen MR) is 71.6 cm³/mol. The first-order chi connectivity index (χ1) is 7.91. The van der Waals surface area contributed by atoms with Crippen molar-refractivity contribution in [2.75, 3.05) is 13.1 Å². The van der Waals surface area contributed by atoms with Crippen LogP contribution in [0.4, 0.5) is 0 Å². The average molecular weight is 240 g/mol. The molecule has 0 saturated carbocycles. The SMILES string of the molecule is CC(C)CC1CCCN(C(=O)[C@@H](N)C(C)C)C1. The molecule has 0 radical (unpaired) electrons.